The minimum Gasteiger partial charge on any atom is -0.147 e. The Morgan fingerprint density at radius 1 is 0.730 bits per heavy atom. The zero-order valence-corrected chi connectivity index (χ0v) is 27.5. The van der Waals surface area contributed by atoms with E-state index in [1.54, 1.807) is 3.88 Å². The summed E-state index contributed by atoms with van der Waals surface area (Å²) in [6.45, 7) is 18.7. The largest absolute Gasteiger partial charge is 0.147 e. The van der Waals surface area contributed by atoms with Crippen molar-refractivity contribution in [2.45, 2.75) is 54.3 Å². The van der Waals surface area contributed by atoms with Gasteiger partial charge in [0, 0.05) is 0 Å². The predicted octanol–water partition coefficient (Wildman–Crippen LogP) is 8.82. The van der Waals surface area contributed by atoms with Gasteiger partial charge in [0.2, 0.25) is 0 Å². The average molecular weight is 588 g/mol. The zero-order chi connectivity index (χ0) is 25.3. The summed E-state index contributed by atoms with van der Waals surface area (Å²) in [4.78, 5) is 0. The van der Waals surface area contributed by atoms with Gasteiger partial charge in [0.1, 0.15) is 0 Å². The molecule has 0 bridgehead atoms. The second-order valence-electron chi connectivity index (χ2n) is 10.9. The maximum atomic E-state index is 7.29. The fourth-order valence-electron chi connectivity index (χ4n) is 4.97. The van der Waals surface area contributed by atoms with Crippen LogP contribution < -0.4 is 8.51 Å². The molecule has 0 N–H and O–H groups in total. The normalized spacial score (nSPS) is 15.2. The predicted molar refractivity (Wildman–Crippen MR) is 166 cm³/mol. The van der Waals surface area contributed by atoms with Crippen molar-refractivity contribution in [2.24, 2.45) is 5.92 Å². The smallest absolute Gasteiger partial charge is 0.147 e. The Bertz CT molecular complexity index is 1290. The molecule has 0 radical (unpaired) electrons. The van der Waals surface area contributed by atoms with Crippen LogP contribution >= 0.6 is 24.8 Å². The first-order chi connectivity index (χ1) is 16.6. The summed E-state index contributed by atoms with van der Waals surface area (Å²) in [5.74, 6) is 1.45. The van der Waals surface area contributed by atoms with Crippen molar-refractivity contribution < 1.29 is 21.1 Å². The zero-order valence-electron chi connectivity index (χ0n) is 23.3. The number of hydrogen-bond donors (Lipinski definition) is 0. The Morgan fingerprint density at radius 2 is 1.24 bits per heavy atom. The molecule has 0 amide bonds. The Labute approximate surface area is 243 Å². The Balaban J connectivity index is 0.00000241. The molecule has 1 aliphatic rings. The van der Waals surface area contributed by atoms with Crippen LogP contribution in [-0.2, 0) is 17.8 Å². The third-order valence-corrected chi connectivity index (χ3v) is 13.7. The van der Waals surface area contributed by atoms with Crippen molar-refractivity contribution in [2.75, 3.05) is 0 Å². The second-order valence-corrected chi connectivity index (χ2v) is 18.9. The third-order valence-electron chi connectivity index (χ3n) is 7.37. The van der Waals surface area contributed by atoms with Gasteiger partial charge in [-0.05, 0) is 0 Å². The van der Waals surface area contributed by atoms with Crippen LogP contribution in [0.3, 0.4) is 0 Å². The van der Waals surface area contributed by atoms with Crippen molar-refractivity contribution in [3.63, 3.8) is 0 Å². The van der Waals surface area contributed by atoms with Crippen LogP contribution in [0.15, 0.2) is 99.5 Å². The molecule has 1 aliphatic carbocycles. The minimum absolute atomic E-state index is 0. The van der Waals surface area contributed by atoms with Gasteiger partial charge in [0.15, 0.2) is 0 Å². The van der Waals surface area contributed by atoms with Gasteiger partial charge in [-0.3, -0.25) is 0 Å². The Kier molecular flexibility index (Phi) is 11.0. The third kappa shape index (κ3) is 6.85. The SMILES string of the molecule is CC1=C(C)C(C)[C]([Ti]([O]c2cc(C)cc([Si](C)(C)C)c2)=[C](c2ccccc2)c2ccccc2)=C1C.Cl.Cl. The van der Waals surface area contributed by atoms with Crippen molar-refractivity contribution in [1.29, 1.82) is 0 Å². The first-order valence-corrected chi connectivity index (χ1v) is 18.3. The summed E-state index contributed by atoms with van der Waals surface area (Å²) >= 11 is -2.48. The van der Waals surface area contributed by atoms with Crippen LogP contribution in [0.4, 0.5) is 0 Å². The summed E-state index contributed by atoms with van der Waals surface area (Å²) in [6.07, 6.45) is 0. The van der Waals surface area contributed by atoms with Gasteiger partial charge in [-0.25, -0.2) is 0 Å². The molecule has 4 rings (SSSR count). The number of allylic oxidation sites excluding steroid dienone is 4. The van der Waals surface area contributed by atoms with Crippen molar-refractivity contribution >= 4 is 41.9 Å². The van der Waals surface area contributed by atoms with Crippen molar-refractivity contribution in [3.8, 4) is 5.75 Å². The van der Waals surface area contributed by atoms with Crippen LogP contribution in [0.5, 0.6) is 5.75 Å². The van der Waals surface area contributed by atoms with E-state index in [0.29, 0.717) is 5.92 Å². The maximum Gasteiger partial charge on any atom is -0.147 e. The van der Waals surface area contributed by atoms with Crippen LogP contribution in [-0.4, -0.2) is 11.9 Å². The van der Waals surface area contributed by atoms with E-state index in [4.69, 9.17) is 3.32 Å². The molecule has 0 fully saturated rings. The molecule has 1 atom stereocenters. The van der Waals surface area contributed by atoms with E-state index < -0.39 is 25.9 Å². The first kappa shape index (κ1) is 31.5. The monoisotopic (exact) mass is 586 g/mol. The van der Waals surface area contributed by atoms with Crippen molar-refractivity contribution in [3.05, 3.63) is 116 Å². The molecule has 5 heteroatoms. The molecule has 0 spiro atoms. The van der Waals surface area contributed by atoms with Crippen LogP contribution in [0.1, 0.15) is 44.4 Å². The van der Waals surface area contributed by atoms with E-state index in [2.05, 4.69) is 133 Å². The summed E-state index contributed by atoms with van der Waals surface area (Å²) < 4.78 is 10.2. The standard InChI is InChI=1S/C13H10.C10H16OSi.C9H13.2ClH.Ti/c1-3-7-12(8-4-1)11-13-9-5-2-6-10-13;1-8-5-9(11)7-10(6-8)12(2,3)4;1-6-5-7(2)9(4)8(6)3;;;/h1-10H;5-7,11H,1-4H3;6H,1-4H3;2*1H;/q;;;;;+1/p-1. The molecule has 0 aromatic heterocycles. The van der Waals surface area contributed by atoms with E-state index >= 15 is 0 Å². The van der Waals surface area contributed by atoms with E-state index in [1.165, 1.54) is 42.4 Å². The average Bonchev–Trinajstić information content (AvgIpc) is 3.01. The van der Waals surface area contributed by atoms with E-state index in [-0.39, 0.29) is 24.8 Å². The van der Waals surface area contributed by atoms with Gasteiger partial charge in [0.25, 0.3) is 0 Å². The molecule has 196 valence electrons. The molecule has 0 heterocycles. The fourth-order valence-corrected chi connectivity index (χ4v) is 10.6. The summed E-state index contributed by atoms with van der Waals surface area (Å²) in [6, 6.07) is 28.8. The quantitative estimate of drug-likeness (QED) is 0.262. The van der Waals surface area contributed by atoms with Gasteiger partial charge >= 0.3 is 220 Å². The van der Waals surface area contributed by atoms with E-state index in [0.717, 1.165) is 5.75 Å². The van der Waals surface area contributed by atoms with E-state index in [9.17, 15) is 0 Å². The minimum atomic E-state index is -2.48. The molecular weight excluding hydrogens is 547 g/mol. The molecule has 1 nitrogen and oxygen atoms in total. The number of hydrogen-bond acceptors (Lipinski definition) is 1. The molecule has 1 unspecified atom stereocenters. The Hall–Kier alpha value is -1.68. The number of aryl methyl sites for hydroxylation is 1. The molecule has 37 heavy (non-hydrogen) atoms. The molecule has 3 aromatic carbocycles. The molecule has 0 aliphatic heterocycles. The van der Waals surface area contributed by atoms with Gasteiger partial charge in [-0.15, -0.1) is 24.8 Å². The number of rotatable bonds is 6. The fraction of sp³-hybridized carbons (Fsp3) is 0.281. The maximum absolute atomic E-state index is 7.29. The summed E-state index contributed by atoms with van der Waals surface area (Å²) in [5.41, 5.74) is 8.21. The molecule has 3 aromatic rings. The summed E-state index contributed by atoms with van der Waals surface area (Å²) in [7, 11) is -1.47. The molecule has 0 saturated carbocycles. The Morgan fingerprint density at radius 3 is 1.68 bits per heavy atom. The van der Waals surface area contributed by atoms with Crippen molar-refractivity contribution in [1.82, 2.24) is 0 Å². The van der Waals surface area contributed by atoms with Crippen LogP contribution in [0.2, 0.25) is 19.6 Å². The molecular formula is C32H40Cl2OSiTi. The molecule has 0 saturated heterocycles. The number of benzene rings is 3. The topological polar surface area (TPSA) is 9.23 Å². The number of halogens is 2. The van der Waals surface area contributed by atoms with Crippen LogP contribution in [0, 0.1) is 12.8 Å². The van der Waals surface area contributed by atoms with Gasteiger partial charge in [-0.1, -0.05) is 0 Å². The van der Waals surface area contributed by atoms with Crippen LogP contribution in [0.25, 0.3) is 0 Å². The second kappa shape index (κ2) is 12.9. The summed E-state index contributed by atoms with van der Waals surface area (Å²) in [5, 5.41) is 1.46. The van der Waals surface area contributed by atoms with Gasteiger partial charge in [-0.2, -0.15) is 0 Å². The van der Waals surface area contributed by atoms with Gasteiger partial charge < -0.3 is 0 Å². The van der Waals surface area contributed by atoms with Gasteiger partial charge in [0.05, 0.1) is 0 Å². The first-order valence-electron chi connectivity index (χ1n) is 12.6. The van der Waals surface area contributed by atoms with E-state index in [1.807, 2.05) is 0 Å².